The summed E-state index contributed by atoms with van der Waals surface area (Å²) in [6, 6.07) is 0. The fourth-order valence-electron chi connectivity index (χ4n) is 2.76. The highest BCUT2D eigenvalue weighted by Gasteiger charge is 2.00. The van der Waals surface area contributed by atoms with E-state index >= 15 is 0 Å². The molecule has 1 aliphatic carbocycles. The molecular formula is C18H32S. The summed E-state index contributed by atoms with van der Waals surface area (Å²) in [5.74, 6) is 0. The zero-order chi connectivity index (χ0) is 13.6. The summed E-state index contributed by atoms with van der Waals surface area (Å²) in [6.07, 6.45) is 25.1. The molecule has 0 bridgehead atoms. The highest BCUT2D eigenvalue weighted by atomic mass is 32.1. The Labute approximate surface area is 126 Å². The van der Waals surface area contributed by atoms with Crippen molar-refractivity contribution in [2.24, 2.45) is 0 Å². The third kappa shape index (κ3) is 11.6. The van der Waals surface area contributed by atoms with Gasteiger partial charge >= 0.3 is 0 Å². The molecule has 0 aliphatic heterocycles. The highest BCUT2D eigenvalue weighted by Crippen LogP contribution is 2.15. The van der Waals surface area contributed by atoms with Gasteiger partial charge in [0.25, 0.3) is 0 Å². The first-order chi connectivity index (χ1) is 9.39. The zero-order valence-electron chi connectivity index (χ0n) is 12.7. The van der Waals surface area contributed by atoms with Gasteiger partial charge < -0.3 is 0 Å². The SMILES string of the molecule is S=C1C[CH]CCCCCCCC[CH]CCCCCC1. The first kappa shape index (κ1) is 17.1. The fourth-order valence-corrected chi connectivity index (χ4v) is 3.02. The van der Waals surface area contributed by atoms with Crippen LogP contribution in [0.5, 0.6) is 0 Å². The molecule has 1 rings (SSSR count). The molecule has 0 aromatic rings. The van der Waals surface area contributed by atoms with Crippen molar-refractivity contribution in [1.82, 2.24) is 0 Å². The topological polar surface area (TPSA) is 0 Å². The van der Waals surface area contributed by atoms with Gasteiger partial charge in [-0.15, -0.1) is 0 Å². The first-order valence-electron chi connectivity index (χ1n) is 8.54. The molecule has 2 radical (unpaired) electrons. The second kappa shape index (κ2) is 13.1. The Kier molecular flexibility index (Phi) is 11.8. The van der Waals surface area contributed by atoms with Crippen molar-refractivity contribution in [3.63, 3.8) is 0 Å². The Hall–Kier alpha value is 0.0900. The van der Waals surface area contributed by atoms with Gasteiger partial charge in [0.1, 0.15) is 0 Å². The van der Waals surface area contributed by atoms with E-state index in [1.807, 2.05) is 0 Å². The largest absolute Gasteiger partial charge is 0.0897 e. The van der Waals surface area contributed by atoms with Crippen LogP contribution in [0.25, 0.3) is 0 Å². The second-order valence-electron chi connectivity index (χ2n) is 5.97. The third-order valence-electron chi connectivity index (χ3n) is 4.05. The van der Waals surface area contributed by atoms with Gasteiger partial charge in [0, 0.05) is 0 Å². The zero-order valence-corrected chi connectivity index (χ0v) is 13.5. The van der Waals surface area contributed by atoms with E-state index in [1.54, 1.807) is 0 Å². The Bertz CT molecular complexity index is 190. The summed E-state index contributed by atoms with van der Waals surface area (Å²) in [4.78, 5) is 1.28. The number of thiocarbonyl (C=S) groups is 1. The summed E-state index contributed by atoms with van der Waals surface area (Å²) in [7, 11) is 0. The molecule has 0 heterocycles. The Morgan fingerprint density at radius 2 is 1.05 bits per heavy atom. The quantitative estimate of drug-likeness (QED) is 0.449. The lowest BCUT2D eigenvalue weighted by Gasteiger charge is -2.06. The van der Waals surface area contributed by atoms with Gasteiger partial charge in [-0.3, -0.25) is 0 Å². The molecule has 0 unspecified atom stereocenters. The molecule has 110 valence electrons. The molecule has 0 saturated heterocycles. The Morgan fingerprint density at radius 3 is 1.68 bits per heavy atom. The maximum absolute atomic E-state index is 5.45. The van der Waals surface area contributed by atoms with Crippen LogP contribution in [0.2, 0.25) is 0 Å². The van der Waals surface area contributed by atoms with Gasteiger partial charge in [-0.1, -0.05) is 82.8 Å². The van der Waals surface area contributed by atoms with E-state index in [4.69, 9.17) is 12.2 Å². The molecule has 0 atom stereocenters. The van der Waals surface area contributed by atoms with Gasteiger partial charge in [-0.25, -0.2) is 0 Å². The van der Waals surface area contributed by atoms with Crippen molar-refractivity contribution in [3.05, 3.63) is 12.8 Å². The van der Waals surface area contributed by atoms with Crippen LogP contribution in [0.15, 0.2) is 0 Å². The van der Waals surface area contributed by atoms with E-state index in [9.17, 15) is 0 Å². The van der Waals surface area contributed by atoms with Crippen LogP contribution in [0.1, 0.15) is 96.3 Å². The highest BCUT2D eigenvalue weighted by molar-refractivity contribution is 7.80. The van der Waals surface area contributed by atoms with Crippen LogP contribution in [-0.4, -0.2) is 4.86 Å². The minimum atomic E-state index is 1.09. The van der Waals surface area contributed by atoms with Crippen molar-refractivity contribution in [3.8, 4) is 0 Å². The second-order valence-corrected chi connectivity index (χ2v) is 6.55. The van der Waals surface area contributed by atoms with E-state index < -0.39 is 0 Å². The van der Waals surface area contributed by atoms with E-state index in [1.165, 1.54) is 94.8 Å². The van der Waals surface area contributed by atoms with E-state index in [-0.39, 0.29) is 0 Å². The lowest BCUT2D eigenvalue weighted by Crippen LogP contribution is -1.95. The van der Waals surface area contributed by atoms with Crippen molar-refractivity contribution in [2.75, 3.05) is 0 Å². The van der Waals surface area contributed by atoms with Crippen LogP contribution >= 0.6 is 12.2 Å². The van der Waals surface area contributed by atoms with Crippen molar-refractivity contribution in [1.29, 1.82) is 0 Å². The van der Waals surface area contributed by atoms with Crippen molar-refractivity contribution < 1.29 is 0 Å². The summed E-state index contributed by atoms with van der Waals surface area (Å²) in [6.45, 7) is 0. The van der Waals surface area contributed by atoms with E-state index in [0.717, 1.165) is 6.42 Å². The minimum absolute atomic E-state index is 1.09. The summed E-state index contributed by atoms with van der Waals surface area (Å²) < 4.78 is 0. The molecule has 0 aromatic heterocycles. The monoisotopic (exact) mass is 280 g/mol. The molecule has 1 fully saturated rings. The number of rotatable bonds is 0. The average Bonchev–Trinajstić information content (AvgIpc) is 2.41. The summed E-state index contributed by atoms with van der Waals surface area (Å²) >= 11 is 5.45. The molecule has 0 aromatic carbocycles. The van der Waals surface area contributed by atoms with Gasteiger partial charge in [0.05, 0.1) is 0 Å². The van der Waals surface area contributed by atoms with Gasteiger partial charge in [0.2, 0.25) is 0 Å². The Morgan fingerprint density at radius 1 is 0.579 bits per heavy atom. The predicted molar refractivity (Wildman–Crippen MR) is 90.5 cm³/mol. The minimum Gasteiger partial charge on any atom is -0.0897 e. The van der Waals surface area contributed by atoms with Crippen LogP contribution in [-0.2, 0) is 0 Å². The number of hydrogen-bond donors (Lipinski definition) is 0. The standard InChI is InChI=1S/C18H32S/c19-18-16-14-12-10-8-6-4-2-1-3-5-7-9-11-13-15-17-18/h4,15H,1-3,5-14,16-17H2. The molecule has 0 nitrogen and oxygen atoms in total. The predicted octanol–water partition coefficient (Wildman–Crippen LogP) is 6.63. The van der Waals surface area contributed by atoms with Crippen molar-refractivity contribution >= 4 is 17.1 Å². The van der Waals surface area contributed by atoms with Gasteiger partial charge in [-0.05, 0) is 43.4 Å². The van der Waals surface area contributed by atoms with Crippen LogP contribution in [0, 0.1) is 12.8 Å². The fraction of sp³-hybridized carbons (Fsp3) is 0.833. The average molecular weight is 281 g/mol. The summed E-state index contributed by atoms with van der Waals surface area (Å²) in [5, 5.41) is 0. The van der Waals surface area contributed by atoms with Crippen LogP contribution < -0.4 is 0 Å². The van der Waals surface area contributed by atoms with E-state index in [2.05, 4.69) is 12.8 Å². The van der Waals surface area contributed by atoms with Gasteiger partial charge in [-0.2, -0.15) is 0 Å². The normalized spacial score (nSPS) is 23.5. The Balaban J connectivity index is 2.10. The molecule has 1 saturated carbocycles. The maximum atomic E-state index is 5.45. The maximum Gasteiger partial charge on any atom is -0.00686 e. The lowest BCUT2D eigenvalue weighted by molar-refractivity contribution is 0.578. The van der Waals surface area contributed by atoms with Crippen molar-refractivity contribution in [2.45, 2.75) is 96.3 Å². The molecule has 0 N–H and O–H groups in total. The first-order valence-corrected chi connectivity index (χ1v) is 8.95. The molecule has 1 aliphatic rings. The molecular weight excluding hydrogens is 248 g/mol. The van der Waals surface area contributed by atoms with E-state index in [0.29, 0.717) is 0 Å². The smallest absolute Gasteiger partial charge is 0.00686 e. The molecule has 1 heteroatoms. The van der Waals surface area contributed by atoms with Crippen LogP contribution in [0.3, 0.4) is 0 Å². The third-order valence-corrected chi connectivity index (χ3v) is 4.42. The summed E-state index contributed by atoms with van der Waals surface area (Å²) in [5.41, 5.74) is 0. The van der Waals surface area contributed by atoms with Crippen LogP contribution in [0.4, 0.5) is 0 Å². The lowest BCUT2D eigenvalue weighted by atomic mass is 10.0. The molecule has 0 amide bonds. The number of hydrogen-bond acceptors (Lipinski definition) is 1. The molecule has 19 heavy (non-hydrogen) atoms. The molecule has 0 spiro atoms. The van der Waals surface area contributed by atoms with Gasteiger partial charge in [0.15, 0.2) is 0 Å².